The highest BCUT2D eigenvalue weighted by Crippen LogP contribution is 2.18. The van der Waals surface area contributed by atoms with Crippen molar-refractivity contribution in [3.63, 3.8) is 0 Å². The lowest BCUT2D eigenvalue weighted by molar-refractivity contribution is 0.0732. The zero-order valence-corrected chi connectivity index (χ0v) is 16.2. The van der Waals surface area contributed by atoms with Crippen LogP contribution < -0.4 is 5.56 Å². The number of nitrogens with zero attached hydrogens (tertiary/aromatic N) is 2. The Kier molecular flexibility index (Phi) is 4.82. The van der Waals surface area contributed by atoms with Crippen molar-refractivity contribution in [3.05, 3.63) is 98.2 Å². The third-order valence-electron chi connectivity index (χ3n) is 5.16. The molecule has 0 unspecified atom stereocenters. The summed E-state index contributed by atoms with van der Waals surface area (Å²) in [5.41, 5.74) is 5.32. The molecule has 142 valence electrons. The number of fused-ring (bicyclic) bond motifs is 1. The van der Waals surface area contributed by atoms with E-state index in [9.17, 15) is 9.59 Å². The largest absolute Gasteiger partial charge is 0.334 e. The minimum atomic E-state index is -0.144. The Hall–Kier alpha value is -3.21. The van der Waals surface area contributed by atoms with Crippen LogP contribution in [0.2, 0.25) is 0 Å². The van der Waals surface area contributed by atoms with Crippen molar-refractivity contribution in [1.82, 2.24) is 14.9 Å². The van der Waals surface area contributed by atoms with Gasteiger partial charge in [0, 0.05) is 24.9 Å². The molecule has 0 aliphatic carbocycles. The van der Waals surface area contributed by atoms with Crippen LogP contribution in [0.1, 0.15) is 44.1 Å². The molecular formula is C23H23N3O2. The van der Waals surface area contributed by atoms with Crippen LogP contribution in [-0.2, 0) is 19.4 Å². The van der Waals surface area contributed by atoms with E-state index >= 15 is 0 Å². The van der Waals surface area contributed by atoms with E-state index in [2.05, 4.69) is 16.0 Å². The number of aromatic nitrogens is 2. The Morgan fingerprint density at radius 2 is 1.89 bits per heavy atom. The zero-order chi connectivity index (χ0) is 19.7. The second-order valence-electron chi connectivity index (χ2n) is 7.45. The van der Waals surface area contributed by atoms with Crippen LogP contribution in [0.5, 0.6) is 0 Å². The van der Waals surface area contributed by atoms with Crippen LogP contribution in [0.15, 0.2) is 53.3 Å². The number of H-pyrrole nitrogens is 1. The molecule has 1 aromatic heterocycles. The smallest absolute Gasteiger partial charge is 0.256 e. The molecule has 0 fully saturated rings. The summed E-state index contributed by atoms with van der Waals surface area (Å²) in [6.45, 7) is 4.91. The SMILES string of the molecule is Cc1ccc(C(=O)N2CCc3nc(Cc4cccc(C)c4)[nH]c(=O)c3C2)cc1. The maximum atomic E-state index is 12.8. The molecule has 0 saturated heterocycles. The van der Waals surface area contributed by atoms with E-state index in [4.69, 9.17) is 0 Å². The Bertz CT molecular complexity index is 1080. The predicted molar refractivity (Wildman–Crippen MR) is 108 cm³/mol. The van der Waals surface area contributed by atoms with Gasteiger partial charge in [-0.05, 0) is 31.5 Å². The second-order valence-corrected chi connectivity index (χ2v) is 7.45. The van der Waals surface area contributed by atoms with E-state index in [1.807, 2.05) is 56.3 Å². The fourth-order valence-corrected chi connectivity index (χ4v) is 3.63. The first-order valence-corrected chi connectivity index (χ1v) is 9.52. The van der Waals surface area contributed by atoms with Gasteiger partial charge in [-0.2, -0.15) is 0 Å². The summed E-state index contributed by atoms with van der Waals surface area (Å²) in [4.78, 5) is 34.7. The summed E-state index contributed by atoms with van der Waals surface area (Å²) in [6, 6.07) is 15.7. The van der Waals surface area contributed by atoms with Gasteiger partial charge in [0.2, 0.25) is 0 Å². The van der Waals surface area contributed by atoms with Gasteiger partial charge in [-0.25, -0.2) is 4.98 Å². The van der Waals surface area contributed by atoms with E-state index < -0.39 is 0 Å². The number of aryl methyl sites for hydroxylation is 2. The number of hydrogen-bond acceptors (Lipinski definition) is 3. The van der Waals surface area contributed by atoms with E-state index in [1.54, 1.807) is 4.90 Å². The molecule has 5 nitrogen and oxygen atoms in total. The lowest BCUT2D eigenvalue weighted by Crippen LogP contribution is -2.39. The molecule has 1 aliphatic heterocycles. The fraction of sp³-hybridized carbons (Fsp3) is 0.261. The molecule has 5 heteroatoms. The topological polar surface area (TPSA) is 66.1 Å². The van der Waals surface area contributed by atoms with Crippen LogP contribution >= 0.6 is 0 Å². The molecule has 2 heterocycles. The first kappa shape index (κ1) is 18.2. The van der Waals surface area contributed by atoms with Crippen molar-refractivity contribution in [2.24, 2.45) is 0 Å². The van der Waals surface area contributed by atoms with Crippen LogP contribution in [0.25, 0.3) is 0 Å². The van der Waals surface area contributed by atoms with Gasteiger partial charge in [0.1, 0.15) is 5.82 Å². The van der Waals surface area contributed by atoms with Gasteiger partial charge >= 0.3 is 0 Å². The van der Waals surface area contributed by atoms with Gasteiger partial charge in [0.05, 0.1) is 17.8 Å². The number of carbonyl (C=O) groups excluding carboxylic acids is 1. The molecule has 0 saturated carbocycles. The van der Waals surface area contributed by atoms with Gasteiger partial charge in [-0.3, -0.25) is 9.59 Å². The lowest BCUT2D eigenvalue weighted by Gasteiger charge is -2.28. The van der Waals surface area contributed by atoms with Crippen molar-refractivity contribution in [2.75, 3.05) is 6.54 Å². The zero-order valence-electron chi connectivity index (χ0n) is 16.2. The van der Waals surface area contributed by atoms with E-state index in [0.717, 1.165) is 16.8 Å². The Morgan fingerprint density at radius 3 is 2.64 bits per heavy atom. The molecule has 1 amide bonds. The summed E-state index contributed by atoms with van der Waals surface area (Å²) in [5.74, 6) is 0.626. The average molecular weight is 373 g/mol. The molecule has 4 rings (SSSR count). The lowest BCUT2D eigenvalue weighted by atomic mass is 10.0. The molecule has 1 aliphatic rings. The van der Waals surface area contributed by atoms with Gasteiger partial charge in [0.25, 0.3) is 11.5 Å². The number of nitrogens with one attached hydrogen (secondary N) is 1. The first-order valence-electron chi connectivity index (χ1n) is 9.52. The Balaban J connectivity index is 1.55. The summed E-state index contributed by atoms with van der Waals surface area (Å²) < 4.78 is 0. The van der Waals surface area contributed by atoms with Gasteiger partial charge in [-0.1, -0.05) is 47.5 Å². The second kappa shape index (κ2) is 7.43. The summed E-state index contributed by atoms with van der Waals surface area (Å²) >= 11 is 0. The quantitative estimate of drug-likeness (QED) is 0.767. The number of carbonyl (C=O) groups is 1. The number of hydrogen-bond donors (Lipinski definition) is 1. The maximum Gasteiger partial charge on any atom is 0.256 e. The first-order chi connectivity index (χ1) is 13.5. The molecule has 28 heavy (non-hydrogen) atoms. The summed E-state index contributed by atoms with van der Waals surface area (Å²) in [5, 5.41) is 0. The Labute approximate surface area is 164 Å². The van der Waals surface area contributed by atoms with Crippen molar-refractivity contribution in [1.29, 1.82) is 0 Å². The number of rotatable bonds is 3. The van der Waals surface area contributed by atoms with Crippen molar-refractivity contribution in [2.45, 2.75) is 33.2 Å². The molecule has 0 atom stereocenters. The van der Waals surface area contributed by atoms with Crippen molar-refractivity contribution >= 4 is 5.91 Å². The van der Waals surface area contributed by atoms with E-state index in [-0.39, 0.29) is 11.5 Å². The summed E-state index contributed by atoms with van der Waals surface area (Å²) in [6.07, 6.45) is 1.19. The fourth-order valence-electron chi connectivity index (χ4n) is 3.63. The number of amides is 1. The molecule has 2 aromatic carbocycles. The normalized spacial score (nSPS) is 13.3. The van der Waals surface area contributed by atoms with Crippen LogP contribution in [-0.4, -0.2) is 27.3 Å². The highest BCUT2D eigenvalue weighted by molar-refractivity contribution is 5.94. The van der Waals surface area contributed by atoms with Gasteiger partial charge in [0.15, 0.2) is 0 Å². The molecule has 0 radical (unpaired) electrons. The third-order valence-corrected chi connectivity index (χ3v) is 5.16. The highest BCUT2D eigenvalue weighted by Gasteiger charge is 2.25. The third kappa shape index (κ3) is 3.74. The van der Waals surface area contributed by atoms with Crippen molar-refractivity contribution in [3.8, 4) is 0 Å². The molecule has 0 spiro atoms. The minimum absolute atomic E-state index is 0.0473. The molecule has 0 bridgehead atoms. The van der Waals surface area contributed by atoms with E-state index in [1.165, 1.54) is 5.56 Å². The van der Waals surface area contributed by atoms with Crippen LogP contribution in [0, 0.1) is 13.8 Å². The van der Waals surface area contributed by atoms with Crippen molar-refractivity contribution < 1.29 is 4.79 Å². The number of benzene rings is 2. The maximum absolute atomic E-state index is 12.8. The Morgan fingerprint density at radius 1 is 1.11 bits per heavy atom. The van der Waals surface area contributed by atoms with Gasteiger partial charge < -0.3 is 9.88 Å². The number of aromatic amines is 1. The van der Waals surface area contributed by atoms with Crippen LogP contribution in [0.3, 0.4) is 0 Å². The average Bonchev–Trinajstić information content (AvgIpc) is 2.68. The monoisotopic (exact) mass is 373 g/mol. The van der Waals surface area contributed by atoms with Crippen LogP contribution in [0.4, 0.5) is 0 Å². The molecular weight excluding hydrogens is 350 g/mol. The molecule has 1 N–H and O–H groups in total. The van der Waals surface area contributed by atoms with E-state index in [0.29, 0.717) is 42.9 Å². The summed E-state index contributed by atoms with van der Waals surface area (Å²) in [7, 11) is 0. The molecule has 3 aromatic rings. The standard InChI is InChI=1S/C23H23N3O2/c1-15-6-8-18(9-7-15)23(28)26-11-10-20-19(14-26)22(27)25-21(24-20)13-17-5-3-4-16(2)12-17/h3-9,12H,10-11,13-14H2,1-2H3,(H,24,25,27). The highest BCUT2D eigenvalue weighted by atomic mass is 16.2. The van der Waals surface area contributed by atoms with Gasteiger partial charge in [-0.15, -0.1) is 0 Å². The minimum Gasteiger partial charge on any atom is -0.334 e. The predicted octanol–water partition coefficient (Wildman–Crippen LogP) is 3.18.